The van der Waals surface area contributed by atoms with Crippen molar-refractivity contribution in [2.45, 2.75) is 53.5 Å². The molecule has 0 saturated carbocycles. The maximum Gasteiger partial charge on any atom is 0.239 e. The maximum absolute atomic E-state index is 12.2. The Morgan fingerprint density at radius 1 is 1.47 bits per heavy atom. The molecule has 0 aromatic carbocycles. The largest absolute Gasteiger partial charge is 0.341 e. The smallest absolute Gasteiger partial charge is 0.239 e. The number of rotatable bonds is 3. The fraction of sp³-hybridized carbons (Fsp3) is 0.929. The third kappa shape index (κ3) is 3.44. The van der Waals surface area contributed by atoms with E-state index in [9.17, 15) is 4.79 Å². The first kappa shape index (κ1) is 14.5. The second-order valence-corrected chi connectivity index (χ2v) is 6.55. The maximum atomic E-state index is 12.2. The van der Waals surface area contributed by atoms with Crippen LogP contribution in [-0.4, -0.2) is 29.9 Å². The van der Waals surface area contributed by atoms with Gasteiger partial charge in [0.2, 0.25) is 5.91 Å². The van der Waals surface area contributed by atoms with Crippen molar-refractivity contribution >= 4 is 5.91 Å². The van der Waals surface area contributed by atoms with Gasteiger partial charge < -0.3 is 10.6 Å². The minimum Gasteiger partial charge on any atom is -0.341 e. The number of nitrogens with two attached hydrogens (primary N) is 1. The number of carbonyl (C=O) groups excluding carboxylic acids is 1. The van der Waals surface area contributed by atoms with E-state index in [0.29, 0.717) is 5.92 Å². The summed E-state index contributed by atoms with van der Waals surface area (Å²) in [5.74, 6) is 1.03. The molecule has 3 heteroatoms. The van der Waals surface area contributed by atoms with Crippen LogP contribution < -0.4 is 5.73 Å². The molecule has 1 heterocycles. The van der Waals surface area contributed by atoms with Crippen LogP contribution in [-0.2, 0) is 4.79 Å². The first-order valence-electron chi connectivity index (χ1n) is 6.81. The molecule has 1 aliphatic heterocycles. The number of amides is 1. The zero-order valence-corrected chi connectivity index (χ0v) is 12.0. The fourth-order valence-electron chi connectivity index (χ4n) is 2.38. The van der Waals surface area contributed by atoms with Crippen LogP contribution in [0.1, 0.15) is 47.5 Å². The topological polar surface area (TPSA) is 46.3 Å². The van der Waals surface area contributed by atoms with Gasteiger partial charge >= 0.3 is 0 Å². The highest BCUT2D eigenvalue weighted by molar-refractivity contribution is 5.82. The van der Waals surface area contributed by atoms with E-state index in [2.05, 4.69) is 34.6 Å². The minimum absolute atomic E-state index is 0.145. The lowest BCUT2D eigenvalue weighted by Gasteiger charge is -2.28. The normalized spacial score (nSPS) is 24.8. The first-order valence-corrected chi connectivity index (χ1v) is 6.81. The molecule has 1 rings (SSSR count). The molecule has 1 aliphatic rings. The molecule has 0 aromatic rings. The van der Waals surface area contributed by atoms with Crippen molar-refractivity contribution in [3.63, 3.8) is 0 Å². The lowest BCUT2D eigenvalue weighted by Crippen LogP contribution is -2.46. The van der Waals surface area contributed by atoms with Crippen LogP contribution in [0.5, 0.6) is 0 Å². The molecule has 3 nitrogen and oxygen atoms in total. The Kier molecular flexibility index (Phi) is 4.59. The van der Waals surface area contributed by atoms with Crippen LogP contribution in [0.15, 0.2) is 0 Å². The van der Waals surface area contributed by atoms with E-state index in [1.165, 1.54) is 0 Å². The molecule has 0 bridgehead atoms. The summed E-state index contributed by atoms with van der Waals surface area (Å²) in [5, 5.41) is 0. The quantitative estimate of drug-likeness (QED) is 0.822. The summed E-state index contributed by atoms with van der Waals surface area (Å²) < 4.78 is 0. The predicted molar refractivity (Wildman–Crippen MR) is 71.6 cm³/mol. The molecule has 17 heavy (non-hydrogen) atoms. The molecule has 0 spiro atoms. The summed E-state index contributed by atoms with van der Waals surface area (Å²) >= 11 is 0. The monoisotopic (exact) mass is 240 g/mol. The summed E-state index contributed by atoms with van der Waals surface area (Å²) in [6, 6.07) is -0.321. The van der Waals surface area contributed by atoms with E-state index < -0.39 is 0 Å². The van der Waals surface area contributed by atoms with Gasteiger partial charge in [0.05, 0.1) is 6.04 Å². The third-order valence-corrected chi connectivity index (χ3v) is 4.27. The fourth-order valence-corrected chi connectivity index (χ4v) is 2.38. The van der Waals surface area contributed by atoms with Crippen LogP contribution in [0.3, 0.4) is 0 Å². The average Bonchev–Trinajstić information content (AvgIpc) is 2.74. The minimum atomic E-state index is -0.321. The van der Waals surface area contributed by atoms with Gasteiger partial charge in [-0.2, -0.15) is 0 Å². The van der Waals surface area contributed by atoms with Gasteiger partial charge in [0.15, 0.2) is 0 Å². The summed E-state index contributed by atoms with van der Waals surface area (Å²) in [6.07, 6.45) is 2.08. The van der Waals surface area contributed by atoms with E-state index in [0.717, 1.165) is 25.9 Å². The number of nitrogens with zero attached hydrogens (tertiary/aromatic N) is 1. The molecule has 0 aromatic heterocycles. The van der Waals surface area contributed by atoms with Crippen molar-refractivity contribution in [1.29, 1.82) is 0 Å². The predicted octanol–water partition coefficient (Wildman–Crippen LogP) is 2.25. The van der Waals surface area contributed by atoms with Gasteiger partial charge in [-0.1, -0.05) is 41.0 Å². The Hall–Kier alpha value is -0.570. The first-order chi connectivity index (χ1) is 7.77. The van der Waals surface area contributed by atoms with E-state index in [-0.39, 0.29) is 23.3 Å². The van der Waals surface area contributed by atoms with Crippen molar-refractivity contribution < 1.29 is 4.79 Å². The lowest BCUT2D eigenvalue weighted by molar-refractivity contribution is -0.132. The van der Waals surface area contributed by atoms with Crippen LogP contribution in [0.25, 0.3) is 0 Å². The third-order valence-electron chi connectivity index (χ3n) is 4.27. The summed E-state index contributed by atoms with van der Waals surface area (Å²) in [4.78, 5) is 14.2. The molecular formula is C14H28N2O. The van der Waals surface area contributed by atoms with Gasteiger partial charge in [0.1, 0.15) is 0 Å². The molecule has 100 valence electrons. The zero-order chi connectivity index (χ0) is 13.2. The standard InChI is InChI=1S/C14H28N2O/c1-6-10(2)12(15)13(17)16-8-7-11(9-16)14(3,4)5/h10-12H,6-9,15H2,1-5H3. The lowest BCUT2D eigenvalue weighted by atomic mass is 9.80. The van der Waals surface area contributed by atoms with Gasteiger partial charge in [0.25, 0.3) is 0 Å². The molecule has 2 N–H and O–H groups in total. The van der Waals surface area contributed by atoms with Crippen LogP contribution >= 0.6 is 0 Å². The highest BCUT2D eigenvalue weighted by Crippen LogP contribution is 2.33. The van der Waals surface area contributed by atoms with Gasteiger partial charge in [-0.25, -0.2) is 0 Å². The van der Waals surface area contributed by atoms with E-state index in [1.54, 1.807) is 0 Å². The number of likely N-dealkylation sites (tertiary alicyclic amines) is 1. The van der Waals surface area contributed by atoms with Crippen LogP contribution in [0, 0.1) is 17.3 Å². The Balaban J connectivity index is 2.57. The van der Waals surface area contributed by atoms with Crippen molar-refractivity contribution in [3.8, 4) is 0 Å². The summed E-state index contributed by atoms with van der Waals surface area (Å²) in [7, 11) is 0. The zero-order valence-electron chi connectivity index (χ0n) is 12.0. The second-order valence-electron chi connectivity index (χ2n) is 6.55. The van der Waals surface area contributed by atoms with Gasteiger partial charge in [0, 0.05) is 13.1 Å². The Morgan fingerprint density at radius 3 is 2.47 bits per heavy atom. The summed E-state index contributed by atoms with van der Waals surface area (Å²) in [5.41, 5.74) is 6.30. The van der Waals surface area contributed by atoms with Crippen LogP contribution in [0.4, 0.5) is 0 Å². The van der Waals surface area contributed by atoms with E-state index in [1.807, 2.05) is 4.90 Å². The van der Waals surface area contributed by atoms with Gasteiger partial charge in [-0.15, -0.1) is 0 Å². The molecule has 1 amide bonds. The molecule has 3 atom stereocenters. The molecular weight excluding hydrogens is 212 g/mol. The van der Waals surface area contributed by atoms with Gasteiger partial charge in [-0.05, 0) is 23.7 Å². The number of hydrogen-bond acceptors (Lipinski definition) is 2. The number of carbonyl (C=O) groups is 1. The van der Waals surface area contributed by atoms with Crippen LogP contribution in [0.2, 0.25) is 0 Å². The van der Waals surface area contributed by atoms with E-state index in [4.69, 9.17) is 5.73 Å². The Bertz CT molecular complexity index is 270. The van der Waals surface area contributed by atoms with Gasteiger partial charge in [-0.3, -0.25) is 4.79 Å². The Morgan fingerprint density at radius 2 is 2.06 bits per heavy atom. The Labute approximate surface area is 106 Å². The van der Waals surface area contributed by atoms with Crippen molar-refractivity contribution in [2.24, 2.45) is 23.0 Å². The molecule has 0 aliphatic carbocycles. The van der Waals surface area contributed by atoms with Crippen molar-refractivity contribution in [1.82, 2.24) is 4.90 Å². The van der Waals surface area contributed by atoms with E-state index >= 15 is 0 Å². The number of hydrogen-bond donors (Lipinski definition) is 1. The second kappa shape index (κ2) is 5.38. The highest BCUT2D eigenvalue weighted by Gasteiger charge is 2.35. The molecule has 1 saturated heterocycles. The molecule has 1 fully saturated rings. The van der Waals surface area contributed by atoms with Crippen molar-refractivity contribution in [3.05, 3.63) is 0 Å². The SMILES string of the molecule is CCC(C)C(N)C(=O)N1CCC(C(C)(C)C)C1. The highest BCUT2D eigenvalue weighted by atomic mass is 16.2. The van der Waals surface area contributed by atoms with Crippen molar-refractivity contribution in [2.75, 3.05) is 13.1 Å². The average molecular weight is 240 g/mol. The molecule has 0 radical (unpaired) electrons. The molecule has 3 unspecified atom stereocenters. The summed E-state index contributed by atoms with van der Waals surface area (Å²) in [6.45, 7) is 12.7.